The van der Waals surface area contributed by atoms with Gasteiger partial charge in [-0.1, -0.05) is 12.1 Å². The fourth-order valence-corrected chi connectivity index (χ4v) is 0.968. The zero-order valence-electron chi connectivity index (χ0n) is 9.43. The molecule has 0 unspecified atom stereocenters. The number of primary amides is 1. The minimum absolute atomic E-state index is 0.155. The van der Waals surface area contributed by atoms with Crippen molar-refractivity contribution in [3.8, 4) is 0 Å². The minimum atomic E-state index is -0.988. The highest BCUT2D eigenvalue weighted by atomic mass is 16.4. The Labute approximate surface area is 99.4 Å². The Morgan fingerprint density at radius 2 is 1.82 bits per heavy atom. The van der Waals surface area contributed by atoms with E-state index in [-0.39, 0.29) is 11.5 Å². The average molecular weight is 239 g/mol. The third-order valence-electron chi connectivity index (χ3n) is 1.82. The van der Waals surface area contributed by atoms with Gasteiger partial charge in [0.05, 0.1) is 5.56 Å². The van der Waals surface area contributed by atoms with E-state index in [0.717, 1.165) is 0 Å². The Hall–Kier alpha value is -2.08. The van der Waals surface area contributed by atoms with Gasteiger partial charge in [0.1, 0.15) is 0 Å². The van der Waals surface area contributed by atoms with Crippen LogP contribution in [0.2, 0.25) is 0 Å². The van der Waals surface area contributed by atoms with Crippen LogP contribution in [0.25, 0.3) is 0 Å². The lowest BCUT2D eigenvalue weighted by Gasteiger charge is -1.96. The third kappa shape index (κ3) is 6.91. The van der Waals surface area contributed by atoms with E-state index in [2.05, 4.69) is 0 Å². The van der Waals surface area contributed by atoms with Crippen LogP contribution in [0.5, 0.6) is 0 Å². The number of hydrogen-bond donors (Lipinski definition) is 4. The zero-order chi connectivity index (χ0) is 13.3. The van der Waals surface area contributed by atoms with Gasteiger partial charge in [-0.15, -0.1) is 0 Å². The lowest BCUT2D eigenvalue weighted by atomic mass is 10.2. The largest absolute Gasteiger partial charge is 0.478 e. The number of para-hydroxylation sites is 1. The van der Waals surface area contributed by atoms with Crippen molar-refractivity contribution in [1.29, 1.82) is 0 Å². The first-order chi connectivity index (χ1) is 7.99. The fraction of sp³-hybridized carbons (Fsp3) is 0.273. The van der Waals surface area contributed by atoms with Gasteiger partial charge in [0.15, 0.2) is 0 Å². The van der Waals surface area contributed by atoms with Gasteiger partial charge in [-0.25, -0.2) is 4.79 Å². The smallest absolute Gasteiger partial charge is 0.337 e. The molecule has 0 heterocycles. The summed E-state index contributed by atoms with van der Waals surface area (Å²) in [4.78, 5) is 20.3. The highest BCUT2D eigenvalue weighted by molar-refractivity contribution is 5.93. The van der Waals surface area contributed by atoms with Crippen LogP contribution in [0.1, 0.15) is 23.2 Å². The second-order valence-corrected chi connectivity index (χ2v) is 3.25. The predicted molar refractivity (Wildman–Crippen MR) is 65.3 cm³/mol. The van der Waals surface area contributed by atoms with Crippen molar-refractivity contribution in [3.05, 3.63) is 29.8 Å². The van der Waals surface area contributed by atoms with Gasteiger partial charge in [0.25, 0.3) is 0 Å². The first-order valence-electron chi connectivity index (χ1n) is 5.05. The third-order valence-corrected chi connectivity index (χ3v) is 1.82. The summed E-state index contributed by atoms with van der Waals surface area (Å²) in [6.45, 7) is 0.545. The van der Waals surface area contributed by atoms with Gasteiger partial charge in [-0.05, 0) is 25.1 Å². The summed E-state index contributed by atoms with van der Waals surface area (Å²) in [5.41, 5.74) is 15.6. The fourth-order valence-electron chi connectivity index (χ4n) is 0.968. The van der Waals surface area contributed by atoms with Crippen molar-refractivity contribution in [2.24, 2.45) is 11.5 Å². The van der Waals surface area contributed by atoms with E-state index in [1.165, 1.54) is 6.07 Å². The van der Waals surface area contributed by atoms with Gasteiger partial charge >= 0.3 is 5.97 Å². The number of nitrogens with two attached hydrogens (primary N) is 3. The van der Waals surface area contributed by atoms with E-state index in [9.17, 15) is 9.59 Å². The summed E-state index contributed by atoms with van der Waals surface area (Å²) in [6, 6.07) is 6.36. The number of benzene rings is 1. The molecule has 0 bridgehead atoms. The van der Waals surface area contributed by atoms with Gasteiger partial charge < -0.3 is 22.3 Å². The molecule has 17 heavy (non-hydrogen) atoms. The van der Waals surface area contributed by atoms with Crippen LogP contribution in [-0.2, 0) is 4.79 Å². The molecule has 94 valence electrons. The summed E-state index contributed by atoms with van der Waals surface area (Å²) < 4.78 is 0. The number of amides is 1. The van der Waals surface area contributed by atoms with Crippen LogP contribution in [0.15, 0.2) is 24.3 Å². The van der Waals surface area contributed by atoms with Gasteiger partial charge in [0, 0.05) is 12.1 Å². The molecule has 0 saturated carbocycles. The van der Waals surface area contributed by atoms with Crippen molar-refractivity contribution >= 4 is 17.6 Å². The van der Waals surface area contributed by atoms with Crippen molar-refractivity contribution < 1.29 is 14.7 Å². The van der Waals surface area contributed by atoms with Gasteiger partial charge in [-0.2, -0.15) is 0 Å². The molecule has 1 rings (SSSR count). The lowest BCUT2D eigenvalue weighted by molar-refractivity contribution is -0.118. The summed E-state index contributed by atoms with van der Waals surface area (Å²) >= 11 is 0. The summed E-state index contributed by atoms with van der Waals surface area (Å²) in [7, 11) is 0. The molecule has 0 aliphatic carbocycles. The number of aromatic carboxylic acids is 1. The van der Waals surface area contributed by atoms with Crippen LogP contribution >= 0.6 is 0 Å². The first-order valence-corrected chi connectivity index (χ1v) is 5.05. The maximum atomic E-state index is 10.3. The lowest BCUT2D eigenvalue weighted by Crippen LogP contribution is -2.12. The molecule has 0 aromatic heterocycles. The van der Waals surface area contributed by atoms with Crippen molar-refractivity contribution in [3.63, 3.8) is 0 Å². The van der Waals surface area contributed by atoms with Crippen LogP contribution in [0, 0.1) is 0 Å². The van der Waals surface area contributed by atoms with Gasteiger partial charge in [-0.3, -0.25) is 4.79 Å². The Balaban J connectivity index is 0.000000325. The van der Waals surface area contributed by atoms with E-state index in [0.29, 0.717) is 25.1 Å². The number of carbonyl (C=O) groups excluding carboxylic acids is 1. The molecular weight excluding hydrogens is 222 g/mol. The maximum Gasteiger partial charge on any atom is 0.337 e. The van der Waals surface area contributed by atoms with Crippen molar-refractivity contribution in [2.75, 3.05) is 12.3 Å². The first kappa shape index (κ1) is 14.9. The topological polar surface area (TPSA) is 132 Å². The molecule has 0 spiro atoms. The highest BCUT2D eigenvalue weighted by Gasteiger charge is 2.03. The SMILES string of the molecule is NCCCC(N)=O.Nc1ccccc1C(=O)O. The summed E-state index contributed by atoms with van der Waals surface area (Å²) in [5, 5.41) is 8.49. The molecular formula is C11H17N3O3. The molecule has 6 heteroatoms. The minimum Gasteiger partial charge on any atom is -0.478 e. The Morgan fingerprint density at radius 3 is 2.12 bits per heavy atom. The molecule has 0 radical (unpaired) electrons. The second kappa shape index (κ2) is 8.12. The predicted octanol–water partition coefficient (Wildman–Crippen LogP) is 0.178. The molecule has 0 aliphatic rings. The van der Waals surface area contributed by atoms with Crippen LogP contribution in [-0.4, -0.2) is 23.5 Å². The molecule has 0 atom stereocenters. The molecule has 0 saturated heterocycles. The van der Waals surface area contributed by atoms with Crippen LogP contribution < -0.4 is 17.2 Å². The van der Waals surface area contributed by atoms with E-state index in [1.54, 1.807) is 18.2 Å². The highest BCUT2D eigenvalue weighted by Crippen LogP contribution is 2.08. The molecule has 6 nitrogen and oxygen atoms in total. The quantitative estimate of drug-likeness (QED) is 0.556. The van der Waals surface area contributed by atoms with E-state index >= 15 is 0 Å². The maximum absolute atomic E-state index is 10.3. The second-order valence-electron chi connectivity index (χ2n) is 3.25. The number of carboxylic acids is 1. The number of rotatable bonds is 4. The number of anilines is 1. The average Bonchev–Trinajstić information content (AvgIpc) is 2.27. The van der Waals surface area contributed by atoms with E-state index in [4.69, 9.17) is 22.3 Å². The molecule has 1 aromatic rings. The number of carboxylic acid groups (broad SMARTS) is 1. The Bertz CT molecular complexity index is 380. The Morgan fingerprint density at radius 1 is 1.24 bits per heavy atom. The number of nitrogen functional groups attached to an aromatic ring is 1. The summed E-state index contributed by atoms with van der Waals surface area (Å²) in [5.74, 6) is -1.26. The Kier molecular flexibility index (Phi) is 7.12. The van der Waals surface area contributed by atoms with Crippen LogP contribution in [0.3, 0.4) is 0 Å². The zero-order valence-corrected chi connectivity index (χ0v) is 9.43. The number of carbonyl (C=O) groups is 2. The molecule has 0 aliphatic heterocycles. The molecule has 1 aromatic carbocycles. The molecule has 7 N–H and O–H groups in total. The van der Waals surface area contributed by atoms with Gasteiger partial charge in [0.2, 0.25) is 5.91 Å². The molecule has 0 fully saturated rings. The van der Waals surface area contributed by atoms with E-state index in [1.807, 2.05) is 0 Å². The van der Waals surface area contributed by atoms with Crippen molar-refractivity contribution in [2.45, 2.75) is 12.8 Å². The van der Waals surface area contributed by atoms with E-state index < -0.39 is 5.97 Å². The normalized spacial score (nSPS) is 9.00. The summed E-state index contributed by atoms with van der Waals surface area (Å²) in [6.07, 6.45) is 1.12. The van der Waals surface area contributed by atoms with Crippen LogP contribution in [0.4, 0.5) is 5.69 Å². The number of hydrogen-bond acceptors (Lipinski definition) is 4. The monoisotopic (exact) mass is 239 g/mol. The van der Waals surface area contributed by atoms with Crippen molar-refractivity contribution in [1.82, 2.24) is 0 Å². The standard InChI is InChI=1S/C7H7NO2.C4H10N2O/c8-6-4-2-1-3-5(6)7(9)10;5-3-1-2-4(6)7/h1-4H,8H2,(H,9,10);1-3,5H2,(H2,6,7). The molecule has 1 amide bonds.